The molecule has 3 aliphatic rings. The van der Waals surface area contributed by atoms with E-state index in [1.54, 1.807) is 0 Å². The Morgan fingerprint density at radius 3 is 2.18 bits per heavy atom. The maximum Gasteiger partial charge on any atom is 0.0612 e. The largest absolute Gasteiger partial charge is 0.378 e. The van der Waals surface area contributed by atoms with E-state index in [1.807, 2.05) is 0 Å². The van der Waals surface area contributed by atoms with Gasteiger partial charge in [-0.15, -0.1) is 0 Å². The van der Waals surface area contributed by atoms with E-state index in [1.165, 1.54) is 38.5 Å². The van der Waals surface area contributed by atoms with E-state index >= 15 is 0 Å². The number of nitrogens with one attached hydrogen (secondary N) is 1. The summed E-state index contributed by atoms with van der Waals surface area (Å²) in [6.45, 7) is 5.53. The summed E-state index contributed by atoms with van der Waals surface area (Å²) in [4.78, 5) is 0. The highest BCUT2D eigenvalue weighted by molar-refractivity contribution is 4.98. The second kappa shape index (κ2) is 4.89. The highest BCUT2D eigenvalue weighted by Gasteiger charge is 2.42. The first-order chi connectivity index (χ1) is 8.24. The maximum atomic E-state index is 5.86. The number of rotatable bonds is 5. The minimum Gasteiger partial charge on any atom is -0.378 e. The maximum absolute atomic E-state index is 5.86. The second-order valence-corrected chi connectivity index (χ2v) is 6.74. The first kappa shape index (κ1) is 12.0. The fraction of sp³-hybridized carbons (Fsp3) is 1.00. The summed E-state index contributed by atoms with van der Waals surface area (Å²) in [6.07, 6.45) is 8.85. The summed E-state index contributed by atoms with van der Waals surface area (Å²) < 4.78 is 5.86. The third-order valence-corrected chi connectivity index (χ3v) is 4.75. The van der Waals surface area contributed by atoms with Gasteiger partial charge in [0.15, 0.2) is 0 Å². The van der Waals surface area contributed by atoms with Gasteiger partial charge in [-0.3, -0.25) is 0 Å². The predicted molar refractivity (Wildman–Crippen MR) is 70.0 cm³/mol. The Balaban J connectivity index is 1.52. The molecule has 98 valence electrons. The molecule has 2 saturated carbocycles. The molecule has 1 aliphatic heterocycles. The van der Waals surface area contributed by atoms with E-state index in [4.69, 9.17) is 4.74 Å². The summed E-state index contributed by atoms with van der Waals surface area (Å²) in [5.74, 6) is 2.70. The molecular formula is C15H27NO. The van der Waals surface area contributed by atoms with Gasteiger partial charge in [0.25, 0.3) is 0 Å². The fourth-order valence-corrected chi connectivity index (χ4v) is 3.28. The van der Waals surface area contributed by atoms with Crippen molar-refractivity contribution in [3.8, 4) is 0 Å². The Bertz CT molecular complexity index is 246. The summed E-state index contributed by atoms with van der Waals surface area (Å²) in [7, 11) is 0. The van der Waals surface area contributed by atoms with Crippen molar-refractivity contribution in [3.05, 3.63) is 0 Å². The Kier molecular flexibility index (Phi) is 3.45. The molecule has 0 amide bonds. The number of ether oxygens (including phenoxy) is 1. The van der Waals surface area contributed by atoms with Crippen molar-refractivity contribution in [1.29, 1.82) is 0 Å². The van der Waals surface area contributed by atoms with Gasteiger partial charge in [-0.25, -0.2) is 0 Å². The van der Waals surface area contributed by atoms with Crippen molar-refractivity contribution in [3.63, 3.8) is 0 Å². The van der Waals surface area contributed by atoms with Crippen LogP contribution in [0.15, 0.2) is 0 Å². The van der Waals surface area contributed by atoms with Crippen LogP contribution in [0.1, 0.15) is 52.4 Å². The molecule has 0 bridgehead atoms. The molecule has 2 unspecified atom stereocenters. The van der Waals surface area contributed by atoms with Crippen molar-refractivity contribution in [2.45, 2.75) is 70.6 Å². The molecule has 0 aromatic heterocycles. The summed E-state index contributed by atoms with van der Waals surface area (Å²) in [6, 6.07) is 1.58. The third kappa shape index (κ3) is 3.03. The van der Waals surface area contributed by atoms with Crippen LogP contribution in [-0.2, 0) is 4.74 Å². The third-order valence-electron chi connectivity index (χ3n) is 4.75. The van der Waals surface area contributed by atoms with Crippen LogP contribution in [0, 0.1) is 17.8 Å². The monoisotopic (exact) mass is 237 g/mol. The van der Waals surface area contributed by atoms with Crippen LogP contribution in [0.3, 0.4) is 0 Å². The Morgan fingerprint density at radius 1 is 1.00 bits per heavy atom. The molecule has 2 nitrogen and oxygen atoms in total. The highest BCUT2D eigenvalue weighted by atomic mass is 16.5. The van der Waals surface area contributed by atoms with E-state index in [9.17, 15) is 0 Å². The van der Waals surface area contributed by atoms with Crippen LogP contribution < -0.4 is 5.32 Å². The molecular weight excluding hydrogens is 210 g/mol. The lowest BCUT2D eigenvalue weighted by Crippen LogP contribution is -2.46. The molecule has 3 rings (SSSR count). The van der Waals surface area contributed by atoms with E-state index in [-0.39, 0.29) is 0 Å². The summed E-state index contributed by atoms with van der Waals surface area (Å²) in [5, 5.41) is 3.98. The van der Waals surface area contributed by atoms with Gasteiger partial charge in [0.2, 0.25) is 0 Å². The average Bonchev–Trinajstić information content (AvgIpc) is 3.16. The lowest BCUT2D eigenvalue weighted by Gasteiger charge is -2.35. The van der Waals surface area contributed by atoms with E-state index in [0.717, 1.165) is 30.5 Å². The zero-order valence-electron chi connectivity index (χ0n) is 11.3. The smallest absolute Gasteiger partial charge is 0.0612 e. The molecule has 2 heteroatoms. The van der Waals surface area contributed by atoms with Crippen LogP contribution in [0.4, 0.5) is 0 Å². The van der Waals surface area contributed by atoms with Gasteiger partial charge < -0.3 is 10.1 Å². The van der Waals surface area contributed by atoms with Gasteiger partial charge in [0.05, 0.1) is 6.10 Å². The Labute approximate surface area is 105 Å². The molecule has 2 aliphatic carbocycles. The Morgan fingerprint density at radius 2 is 1.65 bits per heavy atom. The topological polar surface area (TPSA) is 21.3 Å². The van der Waals surface area contributed by atoms with Crippen molar-refractivity contribution in [2.24, 2.45) is 17.8 Å². The lowest BCUT2D eigenvalue weighted by atomic mass is 9.94. The first-order valence-electron chi connectivity index (χ1n) is 7.61. The van der Waals surface area contributed by atoms with Crippen LogP contribution >= 0.6 is 0 Å². The van der Waals surface area contributed by atoms with Crippen LogP contribution in [0.25, 0.3) is 0 Å². The van der Waals surface area contributed by atoms with Crippen molar-refractivity contribution in [2.75, 3.05) is 6.61 Å². The van der Waals surface area contributed by atoms with Gasteiger partial charge in [-0.2, -0.15) is 0 Å². The molecule has 2 atom stereocenters. The fourth-order valence-electron chi connectivity index (χ4n) is 3.28. The normalized spacial score (nSPS) is 34.6. The standard InChI is InChI=1S/C15H27NO/c1-10(2)14-9-13(7-8-17-14)16-15(11-3-4-11)12-5-6-12/h10-16H,3-9H2,1-2H3. The van der Waals surface area contributed by atoms with Crippen molar-refractivity contribution in [1.82, 2.24) is 5.32 Å². The minimum atomic E-state index is 0.486. The Hall–Kier alpha value is -0.0800. The average molecular weight is 237 g/mol. The molecule has 0 spiro atoms. The van der Waals surface area contributed by atoms with Crippen molar-refractivity contribution < 1.29 is 4.74 Å². The molecule has 1 N–H and O–H groups in total. The first-order valence-corrected chi connectivity index (χ1v) is 7.61. The van der Waals surface area contributed by atoms with Crippen LogP contribution in [0.5, 0.6) is 0 Å². The zero-order valence-corrected chi connectivity index (χ0v) is 11.3. The van der Waals surface area contributed by atoms with Gasteiger partial charge in [0.1, 0.15) is 0 Å². The van der Waals surface area contributed by atoms with E-state index < -0.39 is 0 Å². The predicted octanol–water partition coefficient (Wildman–Crippen LogP) is 2.97. The molecule has 0 radical (unpaired) electrons. The zero-order chi connectivity index (χ0) is 11.8. The molecule has 1 heterocycles. The SMILES string of the molecule is CC(C)C1CC(NC(C2CC2)C2CC2)CCO1. The van der Waals surface area contributed by atoms with Gasteiger partial charge in [0, 0.05) is 18.7 Å². The van der Waals surface area contributed by atoms with Crippen molar-refractivity contribution >= 4 is 0 Å². The quantitative estimate of drug-likeness (QED) is 0.794. The minimum absolute atomic E-state index is 0.486. The van der Waals surface area contributed by atoms with Crippen LogP contribution in [-0.4, -0.2) is 24.8 Å². The van der Waals surface area contributed by atoms with Gasteiger partial charge >= 0.3 is 0 Å². The molecule has 0 aromatic rings. The lowest BCUT2D eigenvalue weighted by molar-refractivity contribution is -0.0267. The highest BCUT2D eigenvalue weighted by Crippen LogP contribution is 2.45. The number of hydrogen-bond donors (Lipinski definition) is 1. The van der Waals surface area contributed by atoms with Gasteiger partial charge in [-0.1, -0.05) is 13.8 Å². The molecule has 3 fully saturated rings. The molecule has 0 aromatic carbocycles. The number of hydrogen-bond acceptors (Lipinski definition) is 2. The molecule has 17 heavy (non-hydrogen) atoms. The van der Waals surface area contributed by atoms with Gasteiger partial charge in [-0.05, 0) is 56.3 Å². The summed E-state index contributed by atoms with van der Waals surface area (Å²) >= 11 is 0. The van der Waals surface area contributed by atoms with E-state index in [0.29, 0.717) is 12.0 Å². The summed E-state index contributed by atoms with van der Waals surface area (Å²) in [5.41, 5.74) is 0. The van der Waals surface area contributed by atoms with E-state index in [2.05, 4.69) is 19.2 Å². The molecule has 1 saturated heterocycles. The second-order valence-electron chi connectivity index (χ2n) is 6.74. The van der Waals surface area contributed by atoms with Crippen LogP contribution in [0.2, 0.25) is 0 Å².